The van der Waals surface area contributed by atoms with Gasteiger partial charge in [-0.25, -0.2) is 0 Å². The molecule has 102 valence electrons. The Balaban J connectivity index is 3.08. The lowest BCUT2D eigenvalue weighted by Gasteiger charge is -2.36. The highest BCUT2D eigenvalue weighted by Crippen LogP contribution is 2.63. The highest BCUT2D eigenvalue weighted by atomic mass is 31.2. The van der Waals surface area contributed by atoms with E-state index in [0.717, 1.165) is 5.75 Å². The van der Waals surface area contributed by atoms with Gasteiger partial charge in [-0.15, -0.1) is 14.0 Å². The molecule has 4 nitrogen and oxygen atoms in total. The van der Waals surface area contributed by atoms with Gasteiger partial charge in [0.05, 0.1) is 0 Å². The van der Waals surface area contributed by atoms with E-state index in [2.05, 4.69) is 75.4 Å². The number of rotatable bonds is 5. The zero-order chi connectivity index (χ0) is 13.9. The summed E-state index contributed by atoms with van der Waals surface area (Å²) in [5, 5.41) is 0. The summed E-state index contributed by atoms with van der Waals surface area (Å²) in [5.74, 6) is 0.907. The molecule has 0 radical (unpaired) electrons. The third-order valence-electron chi connectivity index (χ3n) is 2.81. The maximum Gasteiger partial charge on any atom is 0.416 e. The van der Waals surface area contributed by atoms with E-state index in [1.165, 1.54) is 5.56 Å². The Morgan fingerprint density at radius 2 is 1.17 bits per heavy atom. The van der Waals surface area contributed by atoms with Crippen molar-refractivity contribution in [3.8, 4) is 5.75 Å². The van der Waals surface area contributed by atoms with E-state index >= 15 is 0 Å². The molecule has 0 aromatic heterocycles. The third kappa shape index (κ3) is 3.01. The molecule has 1 aromatic rings. The van der Waals surface area contributed by atoms with E-state index in [0.29, 0.717) is 0 Å². The van der Waals surface area contributed by atoms with Crippen molar-refractivity contribution in [3.05, 3.63) is 29.8 Å². The van der Waals surface area contributed by atoms with Gasteiger partial charge in [-0.05, 0) is 19.1 Å². The molecule has 18 heavy (non-hydrogen) atoms. The Morgan fingerprint density at radius 1 is 0.778 bits per heavy atom. The van der Waals surface area contributed by atoms with E-state index in [1.807, 2.05) is 12.1 Å². The van der Waals surface area contributed by atoms with Crippen LogP contribution in [0.2, 0.25) is 0 Å². The van der Waals surface area contributed by atoms with E-state index in [1.54, 1.807) is 0 Å². The number of hydrogen-bond donors (Lipinski definition) is 0. The minimum Gasteiger partial charge on any atom is -0.292 e. The Bertz CT molecular complexity index is 355. The lowest BCUT2D eigenvalue weighted by molar-refractivity contribution is 0.351. The van der Waals surface area contributed by atoms with Crippen molar-refractivity contribution < 1.29 is 4.52 Å². The van der Waals surface area contributed by atoms with Crippen LogP contribution in [0.5, 0.6) is 5.75 Å². The summed E-state index contributed by atoms with van der Waals surface area (Å²) >= 11 is 0. The molecule has 0 heterocycles. The minimum absolute atomic E-state index is 0.907. The predicted octanol–water partition coefficient (Wildman–Crippen LogP) is 2.74. The highest BCUT2D eigenvalue weighted by Gasteiger charge is 2.52. The van der Waals surface area contributed by atoms with Crippen molar-refractivity contribution in [3.63, 3.8) is 0 Å². The Labute approximate surface area is 112 Å². The fraction of sp³-hybridized carbons (Fsp3) is 0.538. The number of hydrogen-bond acceptors (Lipinski definition) is 4. The molecule has 0 unspecified atom stereocenters. The second kappa shape index (κ2) is 5.98. The molecule has 5 heteroatoms. The predicted molar refractivity (Wildman–Crippen MR) is 79.8 cm³/mol. The molecule has 0 saturated heterocycles. The van der Waals surface area contributed by atoms with Gasteiger partial charge in [-0.3, -0.25) is 4.52 Å². The van der Waals surface area contributed by atoms with Crippen molar-refractivity contribution in [2.24, 2.45) is 0 Å². The summed E-state index contributed by atoms with van der Waals surface area (Å²) in [5.41, 5.74) is 1.24. The molecule has 0 saturated carbocycles. The monoisotopic (exact) mass is 270 g/mol. The molecule has 0 spiro atoms. The number of aryl methyl sites for hydroxylation is 1. The largest absolute Gasteiger partial charge is 0.416 e. The van der Waals surface area contributed by atoms with Crippen LogP contribution in [0, 0.1) is 6.92 Å². The lowest BCUT2D eigenvalue weighted by atomic mass is 10.2. The number of benzene rings is 1. The first-order valence-corrected chi connectivity index (χ1v) is 7.56. The van der Waals surface area contributed by atoms with Crippen LogP contribution in [-0.4, -0.2) is 56.3 Å². The zero-order valence-electron chi connectivity index (χ0n) is 12.5. The molecule has 0 fully saturated rings. The second-order valence-electron chi connectivity index (χ2n) is 4.96. The first kappa shape index (κ1) is 15.4. The van der Waals surface area contributed by atoms with Gasteiger partial charge in [0.1, 0.15) is 0 Å². The molecule has 0 N–H and O–H groups in total. The van der Waals surface area contributed by atoms with Gasteiger partial charge in [0, 0.05) is 42.3 Å². The average Bonchev–Trinajstić information content (AvgIpc) is 2.26. The summed E-state index contributed by atoms with van der Waals surface area (Å²) < 4.78 is 12.8. The van der Waals surface area contributed by atoms with Crippen LogP contribution in [0.25, 0.3) is 0 Å². The summed E-state index contributed by atoms with van der Waals surface area (Å²) in [7, 11) is 10.4. The van der Waals surface area contributed by atoms with Gasteiger partial charge in [0.15, 0.2) is 5.75 Å². The lowest BCUT2D eigenvalue weighted by Crippen LogP contribution is -2.39. The Hall–Kier alpha value is -0.670. The molecule has 0 atom stereocenters. The molecular formula is C13H25N3OP+. The summed E-state index contributed by atoms with van der Waals surface area (Å²) in [6.07, 6.45) is 0. The van der Waals surface area contributed by atoms with Crippen LogP contribution in [0.3, 0.4) is 0 Å². The quantitative estimate of drug-likeness (QED) is 0.766. The van der Waals surface area contributed by atoms with Crippen molar-refractivity contribution in [1.82, 2.24) is 14.0 Å². The van der Waals surface area contributed by atoms with Crippen LogP contribution in [-0.2, 0) is 0 Å². The van der Waals surface area contributed by atoms with E-state index in [-0.39, 0.29) is 0 Å². The molecule has 1 rings (SSSR count). The van der Waals surface area contributed by atoms with E-state index in [9.17, 15) is 0 Å². The molecule has 1 aromatic carbocycles. The van der Waals surface area contributed by atoms with Crippen molar-refractivity contribution in [2.75, 3.05) is 42.3 Å². The molecule has 0 bridgehead atoms. The third-order valence-corrected chi connectivity index (χ3v) is 6.39. The van der Waals surface area contributed by atoms with Crippen LogP contribution < -0.4 is 4.52 Å². The topological polar surface area (TPSA) is 19.0 Å². The van der Waals surface area contributed by atoms with Crippen LogP contribution >= 0.6 is 7.94 Å². The van der Waals surface area contributed by atoms with E-state index < -0.39 is 7.94 Å². The summed E-state index contributed by atoms with van der Waals surface area (Å²) in [6.45, 7) is 2.08. The van der Waals surface area contributed by atoms with Crippen molar-refractivity contribution in [2.45, 2.75) is 6.92 Å². The summed E-state index contributed by atoms with van der Waals surface area (Å²) in [4.78, 5) is 0. The minimum atomic E-state index is -1.95. The molecule has 0 aliphatic rings. The highest BCUT2D eigenvalue weighted by molar-refractivity contribution is 7.64. The second-order valence-corrected chi connectivity index (χ2v) is 8.57. The zero-order valence-corrected chi connectivity index (χ0v) is 13.4. The fourth-order valence-corrected chi connectivity index (χ4v) is 5.10. The van der Waals surface area contributed by atoms with Gasteiger partial charge >= 0.3 is 7.94 Å². The molecule has 0 aliphatic heterocycles. The Morgan fingerprint density at radius 3 is 1.50 bits per heavy atom. The normalized spacial score (nSPS) is 12.6. The molecule has 0 amide bonds. The van der Waals surface area contributed by atoms with E-state index in [4.69, 9.17) is 4.52 Å². The standard InChI is InChI=1S/C13H25N3OP/c1-12-8-10-13(11-9-12)17-18(14(2)3,15(4)5)16(6)7/h8-11H,1-7H3/q+1. The maximum atomic E-state index is 6.33. The van der Waals surface area contributed by atoms with Crippen LogP contribution in [0.4, 0.5) is 0 Å². The number of nitrogens with zero attached hydrogens (tertiary/aromatic N) is 3. The smallest absolute Gasteiger partial charge is 0.292 e. The van der Waals surface area contributed by atoms with Crippen LogP contribution in [0.1, 0.15) is 5.56 Å². The average molecular weight is 270 g/mol. The fourth-order valence-electron chi connectivity index (χ4n) is 2.06. The van der Waals surface area contributed by atoms with Gasteiger partial charge in [0.25, 0.3) is 0 Å². The van der Waals surface area contributed by atoms with Crippen molar-refractivity contribution in [1.29, 1.82) is 0 Å². The first-order valence-electron chi connectivity index (χ1n) is 5.99. The summed E-state index contributed by atoms with van der Waals surface area (Å²) in [6, 6.07) is 8.21. The SMILES string of the molecule is Cc1ccc(O[P+](N(C)C)(N(C)C)N(C)C)cc1. The van der Waals surface area contributed by atoms with Gasteiger partial charge in [-0.2, -0.15) is 0 Å². The van der Waals surface area contributed by atoms with Gasteiger partial charge in [-0.1, -0.05) is 17.7 Å². The van der Waals surface area contributed by atoms with Gasteiger partial charge in [0.2, 0.25) is 0 Å². The molecule has 0 aliphatic carbocycles. The first-order chi connectivity index (χ1) is 8.30. The van der Waals surface area contributed by atoms with Crippen LogP contribution in [0.15, 0.2) is 24.3 Å². The van der Waals surface area contributed by atoms with Crippen molar-refractivity contribution >= 4 is 7.94 Å². The molecular weight excluding hydrogens is 245 g/mol. The maximum absolute atomic E-state index is 6.33. The Kier molecular flexibility index (Phi) is 5.11. The van der Waals surface area contributed by atoms with Gasteiger partial charge < -0.3 is 0 Å².